The van der Waals surface area contributed by atoms with Crippen LogP contribution < -0.4 is 10.2 Å². The fourth-order valence-electron chi connectivity index (χ4n) is 2.45. The fraction of sp³-hybridized carbons (Fsp3) is 0.176. The third-order valence-electron chi connectivity index (χ3n) is 3.56. The largest absolute Gasteiger partial charge is 0.325 e. The molecule has 1 aliphatic rings. The smallest absolute Gasteiger partial charge is 0.250 e. The molecule has 0 spiro atoms. The van der Waals surface area contributed by atoms with Gasteiger partial charge in [-0.3, -0.25) is 9.59 Å². The first-order valence-electron chi connectivity index (χ1n) is 7.23. The van der Waals surface area contributed by atoms with Crippen molar-refractivity contribution < 1.29 is 9.59 Å². The Morgan fingerprint density at radius 2 is 1.91 bits per heavy atom. The molecule has 6 heteroatoms. The molecule has 2 aromatic carbocycles. The Balaban J connectivity index is 1.84. The third-order valence-corrected chi connectivity index (χ3v) is 5.06. The van der Waals surface area contributed by atoms with Crippen molar-refractivity contribution in [2.24, 2.45) is 0 Å². The number of para-hydroxylation sites is 1. The molecular formula is C17H15ClN2O2S. The molecule has 0 saturated heterocycles. The molecular weight excluding hydrogens is 332 g/mol. The maximum atomic E-state index is 12.6. The first-order chi connectivity index (χ1) is 11.1. The van der Waals surface area contributed by atoms with Crippen molar-refractivity contribution in [1.82, 2.24) is 0 Å². The van der Waals surface area contributed by atoms with E-state index in [4.69, 9.17) is 11.6 Å². The van der Waals surface area contributed by atoms with Crippen LogP contribution >= 0.6 is 23.4 Å². The Kier molecular flexibility index (Phi) is 4.59. The molecule has 1 heterocycles. The molecule has 1 atom stereocenters. The first-order valence-corrected chi connectivity index (χ1v) is 8.49. The van der Waals surface area contributed by atoms with Gasteiger partial charge in [0.2, 0.25) is 11.8 Å². The highest BCUT2D eigenvalue weighted by atomic mass is 35.5. The number of nitrogens with zero attached hydrogens (tertiary/aromatic N) is 1. The zero-order valence-corrected chi connectivity index (χ0v) is 14.0. The summed E-state index contributed by atoms with van der Waals surface area (Å²) in [5, 5.41) is 2.58. The minimum atomic E-state index is -0.791. The van der Waals surface area contributed by atoms with E-state index in [1.54, 1.807) is 29.2 Å². The zero-order chi connectivity index (χ0) is 16.4. The summed E-state index contributed by atoms with van der Waals surface area (Å²) < 4.78 is 0. The van der Waals surface area contributed by atoms with Gasteiger partial charge in [0.15, 0.2) is 5.25 Å². The van der Waals surface area contributed by atoms with Gasteiger partial charge in [-0.1, -0.05) is 23.7 Å². The van der Waals surface area contributed by atoms with Gasteiger partial charge < -0.3 is 10.2 Å². The second-order valence-electron chi connectivity index (χ2n) is 5.04. The van der Waals surface area contributed by atoms with Gasteiger partial charge in [0.05, 0.1) is 5.69 Å². The molecule has 2 aromatic rings. The van der Waals surface area contributed by atoms with E-state index >= 15 is 0 Å². The normalized spacial score (nSPS) is 16.9. The predicted molar refractivity (Wildman–Crippen MR) is 94.2 cm³/mol. The number of thioether (sulfide) groups is 1. The molecule has 3 rings (SSSR count). The number of fused-ring (bicyclic) bond motifs is 1. The van der Waals surface area contributed by atoms with Gasteiger partial charge in [0, 0.05) is 22.2 Å². The van der Waals surface area contributed by atoms with Gasteiger partial charge in [-0.15, -0.1) is 11.8 Å². The van der Waals surface area contributed by atoms with Crippen LogP contribution in [0.5, 0.6) is 0 Å². The van der Waals surface area contributed by atoms with E-state index in [2.05, 4.69) is 5.32 Å². The van der Waals surface area contributed by atoms with E-state index in [0.717, 1.165) is 10.6 Å². The van der Waals surface area contributed by atoms with E-state index in [1.807, 2.05) is 31.2 Å². The van der Waals surface area contributed by atoms with Crippen molar-refractivity contribution in [2.75, 3.05) is 16.8 Å². The lowest BCUT2D eigenvalue weighted by atomic mass is 10.2. The summed E-state index contributed by atoms with van der Waals surface area (Å²) in [5.74, 6) is -0.516. The molecule has 0 aromatic heterocycles. The van der Waals surface area contributed by atoms with E-state index in [1.165, 1.54) is 11.8 Å². The van der Waals surface area contributed by atoms with E-state index in [9.17, 15) is 9.59 Å². The lowest BCUT2D eigenvalue weighted by molar-refractivity contribution is -0.124. The van der Waals surface area contributed by atoms with Crippen molar-refractivity contribution in [3.05, 3.63) is 53.6 Å². The van der Waals surface area contributed by atoms with Crippen LogP contribution in [-0.2, 0) is 9.59 Å². The minimum Gasteiger partial charge on any atom is -0.325 e. The van der Waals surface area contributed by atoms with Crippen LogP contribution in [-0.4, -0.2) is 23.6 Å². The summed E-state index contributed by atoms with van der Waals surface area (Å²) in [6.07, 6.45) is 0. The SMILES string of the molecule is CCN1C(=O)C(C(=O)Nc2ccc(Cl)cc2)Sc2ccccc21. The summed E-state index contributed by atoms with van der Waals surface area (Å²) in [6.45, 7) is 2.43. The van der Waals surface area contributed by atoms with E-state index in [-0.39, 0.29) is 11.8 Å². The average molecular weight is 347 g/mol. The second-order valence-corrected chi connectivity index (χ2v) is 6.63. The molecule has 0 fully saturated rings. The number of nitrogens with one attached hydrogen (secondary N) is 1. The van der Waals surface area contributed by atoms with Gasteiger partial charge in [0.25, 0.3) is 0 Å². The molecule has 2 amide bonds. The number of hydrogen-bond donors (Lipinski definition) is 1. The molecule has 0 bridgehead atoms. The van der Waals surface area contributed by atoms with Crippen molar-refractivity contribution in [2.45, 2.75) is 17.1 Å². The summed E-state index contributed by atoms with van der Waals surface area (Å²) >= 11 is 7.12. The standard InChI is InChI=1S/C17H15ClN2O2S/c1-2-20-13-5-3-4-6-14(13)23-15(17(20)22)16(21)19-12-9-7-11(18)8-10-12/h3-10,15H,2H2,1H3,(H,19,21). The average Bonchev–Trinajstić information content (AvgIpc) is 2.56. The summed E-state index contributed by atoms with van der Waals surface area (Å²) in [4.78, 5) is 27.7. The lowest BCUT2D eigenvalue weighted by Gasteiger charge is -2.32. The van der Waals surface area contributed by atoms with E-state index < -0.39 is 5.25 Å². The van der Waals surface area contributed by atoms with Crippen LogP contribution in [0.1, 0.15) is 6.92 Å². The highest BCUT2D eigenvalue weighted by molar-refractivity contribution is 8.01. The number of carbonyl (C=O) groups excluding carboxylic acids is 2. The monoisotopic (exact) mass is 346 g/mol. The minimum absolute atomic E-state index is 0.192. The molecule has 4 nitrogen and oxygen atoms in total. The second kappa shape index (κ2) is 6.64. The zero-order valence-electron chi connectivity index (χ0n) is 12.5. The first kappa shape index (κ1) is 15.9. The number of hydrogen-bond acceptors (Lipinski definition) is 3. The molecule has 1 N–H and O–H groups in total. The Morgan fingerprint density at radius 1 is 1.22 bits per heavy atom. The molecule has 23 heavy (non-hydrogen) atoms. The Bertz CT molecular complexity index is 749. The van der Waals surface area contributed by atoms with Gasteiger partial charge in [-0.05, 0) is 43.3 Å². The summed E-state index contributed by atoms with van der Waals surface area (Å²) in [6, 6.07) is 14.4. The number of benzene rings is 2. The highest BCUT2D eigenvalue weighted by Gasteiger charge is 2.37. The molecule has 118 valence electrons. The van der Waals surface area contributed by atoms with Crippen LogP contribution in [0.4, 0.5) is 11.4 Å². The Hall–Kier alpha value is -1.98. The predicted octanol–water partition coefficient (Wildman–Crippen LogP) is 3.81. The van der Waals surface area contributed by atoms with E-state index in [0.29, 0.717) is 17.3 Å². The summed E-state index contributed by atoms with van der Waals surface area (Å²) in [7, 11) is 0. The highest BCUT2D eigenvalue weighted by Crippen LogP contribution is 2.39. The number of amides is 2. The van der Waals surface area contributed by atoms with Crippen LogP contribution in [0.15, 0.2) is 53.4 Å². The van der Waals surface area contributed by atoms with Gasteiger partial charge in [-0.2, -0.15) is 0 Å². The fourth-order valence-corrected chi connectivity index (χ4v) is 3.68. The lowest BCUT2D eigenvalue weighted by Crippen LogP contribution is -2.46. The van der Waals surface area contributed by atoms with Crippen LogP contribution in [0.3, 0.4) is 0 Å². The maximum absolute atomic E-state index is 12.6. The Morgan fingerprint density at radius 3 is 2.61 bits per heavy atom. The maximum Gasteiger partial charge on any atom is 0.250 e. The van der Waals surface area contributed by atoms with Gasteiger partial charge in [-0.25, -0.2) is 0 Å². The number of anilines is 2. The van der Waals surface area contributed by atoms with Crippen LogP contribution in [0.25, 0.3) is 0 Å². The van der Waals surface area contributed by atoms with Crippen LogP contribution in [0.2, 0.25) is 5.02 Å². The van der Waals surface area contributed by atoms with Crippen molar-refractivity contribution in [3.8, 4) is 0 Å². The molecule has 0 radical (unpaired) electrons. The van der Waals surface area contributed by atoms with Crippen molar-refractivity contribution in [3.63, 3.8) is 0 Å². The van der Waals surface area contributed by atoms with Crippen molar-refractivity contribution in [1.29, 1.82) is 0 Å². The third kappa shape index (κ3) is 3.21. The quantitative estimate of drug-likeness (QED) is 0.860. The number of carbonyl (C=O) groups is 2. The number of rotatable bonds is 3. The molecule has 0 aliphatic carbocycles. The van der Waals surface area contributed by atoms with Gasteiger partial charge in [0.1, 0.15) is 0 Å². The molecule has 1 aliphatic heterocycles. The molecule has 1 unspecified atom stereocenters. The van der Waals surface area contributed by atoms with Crippen molar-refractivity contribution >= 4 is 46.6 Å². The number of halogens is 1. The summed E-state index contributed by atoms with van der Waals surface area (Å²) in [5.41, 5.74) is 1.48. The molecule has 0 saturated carbocycles. The van der Waals surface area contributed by atoms with Gasteiger partial charge >= 0.3 is 0 Å². The Labute approximate surface area is 143 Å². The van der Waals surface area contributed by atoms with Crippen LogP contribution in [0, 0.1) is 0 Å². The topological polar surface area (TPSA) is 49.4 Å².